The number of aromatic nitrogens is 2. The highest BCUT2D eigenvalue weighted by molar-refractivity contribution is 9.10. The van der Waals surface area contributed by atoms with Gasteiger partial charge >= 0.3 is 0 Å². The van der Waals surface area contributed by atoms with E-state index < -0.39 is 5.60 Å². The number of nitrogens with zero attached hydrogens (tertiary/aromatic N) is 3. The molecule has 4 nitrogen and oxygen atoms in total. The first kappa shape index (κ1) is 13.1. The van der Waals surface area contributed by atoms with Crippen molar-refractivity contribution in [2.24, 2.45) is 0 Å². The minimum Gasteiger partial charge on any atom is -0.383 e. The van der Waals surface area contributed by atoms with Crippen LogP contribution in [0.3, 0.4) is 0 Å². The Balaban J connectivity index is 2.34. The van der Waals surface area contributed by atoms with Gasteiger partial charge in [-0.1, -0.05) is 0 Å². The van der Waals surface area contributed by atoms with E-state index >= 15 is 0 Å². The maximum absolute atomic E-state index is 10.9. The van der Waals surface area contributed by atoms with Crippen LogP contribution in [0.15, 0.2) is 10.7 Å². The van der Waals surface area contributed by atoms with Crippen LogP contribution in [-0.2, 0) is 12.1 Å². The fourth-order valence-electron chi connectivity index (χ4n) is 2.61. The monoisotopic (exact) mass is 301 g/mol. The highest BCUT2D eigenvalue weighted by Crippen LogP contribution is 2.38. The maximum atomic E-state index is 10.9. The van der Waals surface area contributed by atoms with Gasteiger partial charge in [0.1, 0.15) is 5.60 Å². The molecule has 5 heteroatoms. The SMILES string of the molecule is CCn1ncc(Br)c1C1(O)CCN(C)C(C)C1. The van der Waals surface area contributed by atoms with Crippen LogP contribution in [0.4, 0.5) is 0 Å². The van der Waals surface area contributed by atoms with Gasteiger partial charge in [-0.25, -0.2) is 0 Å². The smallest absolute Gasteiger partial charge is 0.110 e. The number of likely N-dealkylation sites (tertiary alicyclic amines) is 1. The van der Waals surface area contributed by atoms with E-state index in [2.05, 4.69) is 39.9 Å². The molecule has 2 atom stereocenters. The van der Waals surface area contributed by atoms with Gasteiger partial charge in [0.15, 0.2) is 0 Å². The third-order valence-corrected chi connectivity index (χ3v) is 4.38. The maximum Gasteiger partial charge on any atom is 0.110 e. The summed E-state index contributed by atoms with van der Waals surface area (Å²) in [5.74, 6) is 0. The van der Waals surface area contributed by atoms with Crippen LogP contribution in [0, 0.1) is 0 Å². The lowest BCUT2D eigenvalue weighted by Crippen LogP contribution is -2.47. The normalized spacial score (nSPS) is 30.8. The second-order valence-electron chi connectivity index (χ2n) is 4.97. The Labute approximate surface area is 111 Å². The lowest BCUT2D eigenvalue weighted by molar-refractivity contribution is -0.0476. The Bertz CT molecular complexity index is 406. The van der Waals surface area contributed by atoms with E-state index in [4.69, 9.17) is 0 Å². The molecule has 17 heavy (non-hydrogen) atoms. The topological polar surface area (TPSA) is 41.3 Å². The van der Waals surface area contributed by atoms with E-state index in [1.54, 1.807) is 6.20 Å². The summed E-state index contributed by atoms with van der Waals surface area (Å²) >= 11 is 3.51. The Kier molecular flexibility index (Phi) is 3.61. The van der Waals surface area contributed by atoms with Crippen molar-refractivity contribution in [3.8, 4) is 0 Å². The molecule has 1 aromatic rings. The van der Waals surface area contributed by atoms with Gasteiger partial charge in [0.05, 0.1) is 16.4 Å². The predicted molar refractivity (Wildman–Crippen MR) is 70.8 cm³/mol. The zero-order valence-electron chi connectivity index (χ0n) is 10.6. The van der Waals surface area contributed by atoms with Crippen LogP contribution in [0.2, 0.25) is 0 Å². The minimum absolute atomic E-state index is 0.390. The molecule has 1 fully saturated rings. The largest absolute Gasteiger partial charge is 0.383 e. The van der Waals surface area contributed by atoms with Gasteiger partial charge in [-0.2, -0.15) is 5.10 Å². The van der Waals surface area contributed by atoms with Crippen molar-refractivity contribution in [2.75, 3.05) is 13.6 Å². The minimum atomic E-state index is -0.753. The molecule has 2 rings (SSSR count). The Hall–Kier alpha value is -0.390. The molecule has 0 aromatic carbocycles. The fraction of sp³-hybridized carbons (Fsp3) is 0.750. The molecule has 0 aliphatic carbocycles. The summed E-state index contributed by atoms with van der Waals surface area (Å²) in [6.45, 7) is 5.90. The second-order valence-corrected chi connectivity index (χ2v) is 5.83. The average molecular weight is 302 g/mol. The van der Waals surface area contributed by atoms with E-state index in [0.29, 0.717) is 6.04 Å². The molecule has 2 heterocycles. The summed E-state index contributed by atoms with van der Waals surface area (Å²) in [6, 6.07) is 0.390. The van der Waals surface area contributed by atoms with Crippen molar-refractivity contribution >= 4 is 15.9 Å². The van der Waals surface area contributed by atoms with Crippen LogP contribution < -0.4 is 0 Å². The molecule has 96 valence electrons. The molecule has 1 aliphatic rings. The Morgan fingerprint density at radius 2 is 2.35 bits per heavy atom. The fourth-order valence-corrected chi connectivity index (χ4v) is 3.27. The predicted octanol–water partition coefficient (Wildman–Crippen LogP) is 1.97. The first-order chi connectivity index (χ1) is 7.98. The van der Waals surface area contributed by atoms with Gasteiger partial charge in [0.2, 0.25) is 0 Å². The lowest BCUT2D eigenvalue weighted by Gasteiger charge is -2.41. The van der Waals surface area contributed by atoms with E-state index in [0.717, 1.165) is 36.1 Å². The molecule has 1 aliphatic heterocycles. The second kappa shape index (κ2) is 4.71. The van der Waals surface area contributed by atoms with Gasteiger partial charge in [-0.3, -0.25) is 4.68 Å². The molecule has 0 spiro atoms. The molecular weight excluding hydrogens is 282 g/mol. The summed E-state index contributed by atoms with van der Waals surface area (Å²) in [7, 11) is 2.11. The highest BCUT2D eigenvalue weighted by atomic mass is 79.9. The van der Waals surface area contributed by atoms with E-state index in [1.165, 1.54) is 0 Å². The molecule has 0 radical (unpaired) electrons. The molecule has 0 amide bonds. The molecular formula is C12H20BrN3O. The van der Waals surface area contributed by atoms with Crippen molar-refractivity contribution in [1.82, 2.24) is 14.7 Å². The van der Waals surface area contributed by atoms with E-state index in [9.17, 15) is 5.11 Å². The quantitative estimate of drug-likeness (QED) is 0.908. The number of hydrogen-bond acceptors (Lipinski definition) is 3. The zero-order valence-corrected chi connectivity index (χ0v) is 12.2. The number of aryl methyl sites for hydroxylation is 1. The van der Waals surface area contributed by atoms with Crippen LogP contribution in [0.25, 0.3) is 0 Å². The molecule has 0 saturated carbocycles. The molecule has 0 bridgehead atoms. The Morgan fingerprint density at radius 3 is 2.94 bits per heavy atom. The molecule has 1 N–H and O–H groups in total. The summed E-state index contributed by atoms with van der Waals surface area (Å²) in [5, 5.41) is 15.2. The highest BCUT2D eigenvalue weighted by Gasteiger charge is 2.40. The molecule has 1 aromatic heterocycles. The zero-order chi connectivity index (χ0) is 12.6. The van der Waals surface area contributed by atoms with Gasteiger partial charge in [0, 0.05) is 19.1 Å². The lowest BCUT2D eigenvalue weighted by atomic mass is 9.84. The number of halogens is 1. The average Bonchev–Trinajstić information content (AvgIpc) is 2.66. The molecule has 1 saturated heterocycles. The summed E-state index contributed by atoms with van der Waals surface area (Å²) < 4.78 is 2.81. The van der Waals surface area contributed by atoms with Crippen molar-refractivity contribution in [3.05, 3.63) is 16.4 Å². The third-order valence-electron chi connectivity index (χ3n) is 3.80. The van der Waals surface area contributed by atoms with Crippen LogP contribution in [0.5, 0.6) is 0 Å². The van der Waals surface area contributed by atoms with Crippen molar-refractivity contribution in [2.45, 2.75) is 44.9 Å². The van der Waals surface area contributed by atoms with Crippen LogP contribution in [-0.4, -0.2) is 39.4 Å². The number of piperidine rings is 1. The first-order valence-electron chi connectivity index (χ1n) is 6.12. The third kappa shape index (κ3) is 2.28. The van der Waals surface area contributed by atoms with E-state index in [1.807, 2.05) is 11.6 Å². The van der Waals surface area contributed by atoms with Crippen LogP contribution >= 0.6 is 15.9 Å². The van der Waals surface area contributed by atoms with Crippen molar-refractivity contribution < 1.29 is 5.11 Å². The standard InChI is InChI=1S/C12H20BrN3O/c1-4-16-11(10(13)8-14-16)12(17)5-6-15(3)9(2)7-12/h8-9,17H,4-7H2,1-3H3. The van der Waals surface area contributed by atoms with Gasteiger partial charge in [0.25, 0.3) is 0 Å². The Morgan fingerprint density at radius 1 is 1.65 bits per heavy atom. The first-order valence-corrected chi connectivity index (χ1v) is 6.91. The van der Waals surface area contributed by atoms with Crippen LogP contribution in [0.1, 0.15) is 32.4 Å². The summed E-state index contributed by atoms with van der Waals surface area (Å²) in [6.07, 6.45) is 3.30. The van der Waals surface area contributed by atoms with Gasteiger partial charge in [-0.05, 0) is 49.7 Å². The number of hydrogen-bond donors (Lipinski definition) is 1. The van der Waals surface area contributed by atoms with E-state index in [-0.39, 0.29) is 0 Å². The summed E-state index contributed by atoms with van der Waals surface area (Å²) in [5.41, 5.74) is 0.178. The van der Waals surface area contributed by atoms with Gasteiger partial charge < -0.3 is 10.0 Å². The summed E-state index contributed by atoms with van der Waals surface area (Å²) in [4.78, 5) is 2.29. The van der Waals surface area contributed by atoms with Crippen molar-refractivity contribution in [3.63, 3.8) is 0 Å². The van der Waals surface area contributed by atoms with Gasteiger partial charge in [-0.15, -0.1) is 0 Å². The molecule has 2 unspecified atom stereocenters. The number of rotatable bonds is 2. The van der Waals surface area contributed by atoms with Crippen molar-refractivity contribution in [1.29, 1.82) is 0 Å². The number of aliphatic hydroxyl groups is 1.